The van der Waals surface area contributed by atoms with Gasteiger partial charge in [0.05, 0.1) is 19.1 Å². The fourth-order valence-corrected chi connectivity index (χ4v) is 1.81. The molecule has 0 saturated carbocycles. The van der Waals surface area contributed by atoms with Crippen LogP contribution in [0.4, 0.5) is 0 Å². The van der Waals surface area contributed by atoms with E-state index in [-0.39, 0.29) is 5.84 Å². The van der Waals surface area contributed by atoms with Crippen molar-refractivity contribution in [3.63, 3.8) is 0 Å². The second-order valence-electron chi connectivity index (χ2n) is 4.99. The highest BCUT2D eigenvalue weighted by molar-refractivity contribution is 5.95. The van der Waals surface area contributed by atoms with Gasteiger partial charge in [-0.25, -0.2) is 9.97 Å². The van der Waals surface area contributed by atoms with Crippen molar-refractivity contribution < 1.29 is 19.0 Å². The number of amidine groups is 1. The Morgan fingerprint density at radius 2 is 1.96 bits per heavy atom. The first kappa shape index (κ1) is 17.7. The first-order chi connectivity index (χ1) is 11.4. The summed E-state index contributed by atoms with van der Waals surface area (Å²) in [6.45, 7) is 3.46. The number of oxime groups is 1. The van der Waals surface area contributed by atoms with E-state index >= 15 is 0 Å². The van der Waals surface area contributed by atoms with Crippen molar-refractivity contribution in [1.29, 1.82) is 0 Å². The van der Waals surface area contributed by atoms with Gasteiger partial charge in [0.25, 0.3) is 0 Å². The number of pyridine rings is 1. The SMILES string of the molecule is COc1nc(C(N)=NOC(C)(OC)OC)ccc1-n1cnc(C)c1. The second-order valence-corrected chi connectivity index (χ2v) is 4.99. The summed E-state index contributed by atoms with van der Waals surface area (Å²) in [5.41, 5.74) is 7.91. The molecule has 9 heteroatoms. The summed E-state index contributed by atoms with van der Waals surface area (Å²) < 4.78 is 17.2. The van der Waals surface area contributed by atoms with E-state index in [0.717, 1.165) is 11.4 Å². The number of aryl methyl sites for hydroxylation is 1. The molecule has 0 aliphatic carbocycles. The monoisotopic (exact) mass is 335 g/mol. The smallest absolute Gasteiger partial charge is 0.346 e. The van der Waals surface area contributed by atoms with E-state index in [4.69, 9.17) is 24.8 Å². The summed E-state index contributed by atoms with van der Waals surface area (Å²) in [6.07, 6.45) is 3.54. The zero-order chi connectivity index (χ0) is 17.7. The van der Waals surface area contributed by atoms with E-state index in [2.05, 4.69) is 15.1 Å². The van der Waals surface area contributed by atoms with E-state index in [1.165, 1.54) is 21.3 Å². The molecular weight excluding hydrogens is 314 g/mol. The highest BCUT2D eigenvalue weighted by Gasteiger charge is 2.25. The number of ether oxygens (including phenoxy) is 3. The van der Waals surface area contributed by atoms with Gasteiger partial charge in [0.2, 0.25) is 5.88 Å². The normalized spacial score (nSPS) is 12.3. The van der Waals surface area contributed by atoms with Gasteiger partial charge in [-0.05, 0) is 19.1 Å². The van der Waals surface area contributed by atoms with Crippen molar-refractivity contribution in [3.8, 4) is 11.6 Å². The van der Waals surface area contributed by atoms with Crippen LogP contribution in [0.5, 0.6) is 5.88 Å². The number of nitrogens with two attached hydrogens (primary N) is 1. The van der Waals surface area contributed by atoms with Crippen LogP contribution in [0.1, 0.15) is 18.3 Å². The molecule has 2 rings (SSSR count). The molecule has 0 amide bonds. The molecule has 0 radical (unpaired) electrons. The van der Waals surface area contributed by atoms with E-state index in [1.807, 2.05) is 17.7 Å². The van der Waals surface area contributed by atoms with Gasteiger partial charge in [0.15, 0.2) is 5.84 Å². The standard InChI is InChI=1S/C15H21N5O4/c1-10-8-20(9-17-10)12-7-6-11(18-14(12)21-3)13(16)19-24-15(2,22-4)23-5/h6-9H,1-5H3,(H2,16,19). The van der Waals surface area contributed by atoms with Crippen LogP contribution in [-0.2, 0) is 14.3 Å². The fourth-order valence-electron chi connectivity index (χ4n) is 1.81. The molecule has 9 nitrogen and oxygen atoms in total. The van der Waals surface area contributed by atoms with Crippen molar-refractivity contribution >= 4 is 5.84 Å². The molecule has 24 heavy (non-hydrogen) atoms. The van der Waals surface area contributed by atoms with Crippen LogP contribution in [0.15, 0.2) is 29.8 Å². The molecule has 0 aromatic carbocycles. The van der Waals surface area contributed by atoms with Crippen LogP contribution in [0.3, 0.4) is 0 Å². The second kappa shape index (κ2) is 7.28. The van der Waals surface area contributed by atoms with Gasteiger partial charge in [0.1, 0.15) is 11.4 Å². The molecule has 2 aromatic rings. The van der Waals surface area contributed by atoms with Crippen molar-refractivity contribution in [2.45, 2.75) is 19.8 Å². The Kier molecular flexibility index (Phi) is 5.37. The summed E-state index contributed by atoms with van der Waals surface area (Å²) in [5, 5.41) is 3.80. The van der Waals surface area contributed by atoms with Crippen LogP contribution in [0.25, 0.3) is 5.69 Å². The molecule has 130 valence electrons. The summed E-state index contributed by atoms with van der Waals surface area (Å²) in [7, 11) is 4.38. The largest absolute Gasteiger partial charge is 0.479 e. The van der Waals surface area contributed by atoms with Gasteiger partial charge in [-0.1, -0.05) is 5.16 Å². The molecule has 0 aliphatic rings. The van der Waals surface area contributed by atoms with E-state index in [0.29, 0.717) is 11.6 Å². The quantitative estimate of drug-likeness (QED) is 0.350. The summed E-state index contributed by atoms with van der Waals surface area (Å²) >= 11 is 0. The predicted octanol–water partition coefficient (Wildman–Crippen LogP) is 1.19. The molecular formula is C15H21N5O4. The molecule has 0 bridgehead atoms. The van der Waals surface area contributed by atoms with Gasteiger partial charge >= 0.3 is 5.97 Å². The molecule has 2 heterocycles. The van der Waals surface area contributed by atoms with Crippen LogP contribution >= 0.6 is 0 Å². The molecule has 2 aromatic heterocycles. The molecule has 0 aliphatic heterocycles. The Balaban J connectivity index is 2.29. The minimum absolute atomic E-state index is 0.0574. The third-order valence-corrected chi connectivity index (χ3v) is 3.34. The van der Waals surface area contributed by atoms with Crippen molar-refractivity contribution in [1.82, 2.24) is 14.5 Å². The minimum Gasteiger partial charge on any atom is -0.479 e. The van der Waals surface area contributed by atoms with Gasteiger partial charge < -0.3 is 29.3 Å². The van der Waals surface area contributed by atoms with Gasteiger partial charge in [-0.15, -0.1) is 0 Å². The number of nitrogens with zero attached hydrogens (tertiary/aromatic N) is 4. The molecule has 0 fully saturated rings. The van der Waals surface area contributed by atoms with Crippen LogP contribution < -0.4 is 10.5 Å². The average Bonchev–Trinajstić information content (AvgIpc) is 3.04. The molecule has 0 spiro atoms. The van der Waals surface area contributed by atoms with Crippen LogP contribution in [-0.4, -0.2) is 47.7 Å². The summed E-state index contributed by atoms with van der Waals surface area (Å²) in [5.74, 6) is -0.894. The lowest BCUT2D eigenvalue weighted by Gasteiger charge is -2.22. The van der Waals surface area contributed by atoms with E-state index in [9.17, 15) is 0 Å². The zero-order valence-electron chi connectivity index (χ0n) is 14.3. The Bertz CT molecular complexity index is 724. The molecule has 0 saturated heterocycles. The molecule has 0 atom stereocenters. The lowest BCUT2D eigenvalue weighted by Crippen LogP contribution is -2.32. The third-order valence-electron chi connectivity index (χ3n) is 3.34. The Hall–Kier alpha value is -2.65. The lowest BCUT2D eigenvalue weighted by molar-refractivity contribution is -0.351. The Morgan fingerprint density at radius 3 is 2.50 bits per heavy atom. The number of aromatic nitrogens is 3. The van der Waals surface area contributed by atoms with Crippen LogP contribution in [0, 0.1) is 6.92 Å². The van der Waals surface area contributed by atoms with E-state index < -0.39 is 5.97 Å². The number of hydrogen-bond acceptors (Lipinski definition) is 7. The van der Waals surface area contributed by atoms with Crippen LogP contribution in [0.2, 0.25) is 0 Å². The Morgan fingerprint density at radius 1 is 1.25 bits per heavy atom. The molecule has 0 unspecified atom stereocenters. The van der Waals surface area contributed by atoms with Crippen molar-refractivity contribution in [2.75, 3.05) is 21.3 Å². The zero-order valence-corrected chi connectivity index (χ0v) is 14.3. The van der Waals surface area contributed by atoms with Gasteiger partial charge in [-0.2, -0.15) is 0 Å². The molecule has 2 N–H and O–H groups in total. The maximum atomic E-state index is 5.90. The van der Waals surface area contributed by atoms with Gasteiger partial charge in [-0.3, -0.25) is 0 Å². The average molecular weight is 335 g/mol. The third kappa shape index (κ3) is 3.81. The number of methoxy groups -OCH3 is 3. The van der Waals surface area contributed by atoms with E-state index in [1.54, 1.807) is 25.4 Å². The summed E-state index contributed by atoms with van der Waals surface area (Å²) in [4.78, 5) is 13.7. The summed E-state index contributed by atoms with van der Waals surface area (Å²) in [6, 6.07) is 3.50. The van der Waals surface area contributed by atoms with Crippen molar-refractivity contribution in [3.05, 3.63) is 36.0 Å². The highest BCUT2D eigenvalue weighted by atomic mass is 16.9. The highest BCUT2D eigenvalue weighted by Crippen LogP contribution is 2.21. The lowest BCUT2D eigenvalue weighted by atomic mass is 10.3. The first-order valence-electron chi connectivity index (χ1n) is 7.10. The minimum atomic E-state index is -1.33. The fraction of sp³-hybridized carbons (Fsp3) is 0.400. The Labute approximate surface area is 140 Å². The topological polar surface area (TPSA) is 106 Å². The predicted molar refractivity (Wildman–Crippen MR) is 86.9 cm³/mol. The maximum Gasteiger partial charge on any atom is 0.346 e. The van der Waals surface area contributed by atoms with Crippen molar-refractivity contribution in [2.24, 2.45) is 10.9 Å². The maximum absolute atomic E-state index is 5.90. The number of hydrogen-bond donors (Lipinski definition) is 1. The van der Waals surface area contributed by atoms with Gasteiger partial charge in [0, 0.05) is 27.3 Å². The number of rotatable bonds is 7. The first-order valence-corrected chi connectivity index (χ1v) is 7.10. The number of imidazole rings is 1.